The maximum absolute atomic E-state index is 13.2. The summed E-state index contributed by atoms with van der Waals surface area (Å²) in [6.45, 7) is 2.55. The van der Waals surface area contributed by atoms with Crippen LogP contribution >= 0.6 is 0 Å². The minimum absolute atomic E-state index is 0.0164. The number of fused-ring (bicyclic) bond motifs is 2. The van der Waals surface area contributed by atoms with Gasteiger partial charge in [-0.3, -0.25) is 19.7 Å². The average Bonchev–Trinajstić information content (AvgIpc) is 3.51. The predicted octanol–water partition coefficient (Wildman–Crippen LogP) is 2.63. The average molecular weight is 492 g/mol. The molecule has 2 N–H and O–H groups in total. The molecule has 10 heteroatoms. The van der Waals surface area contributed by atoms with Crippen molar-refractivity contribution in [2.24, 2.45) is 0 Å². The summed E-state index contributed by atoms with van der Waals surface area (Å²) >= 11 is 0. The fourth-order valence-corrected chi connectivity index (χ4v) is 4.77. The number of rotatable bonds is 7. The van der Waals surface area contributed by atoms with E-state index in [-0.39, 0.29) is 32.0 Å². The highest BCUT2D eigenvalue weighted by atomic mass is 16.5. The molecule has 1 aromatic heterocycles. The van der Waals surface area contributed by atoms with Gasteiger partial charge in [-0.05, 0) is 48.4 Å². The highest BCUT2D eigenvalue weighted by molar-refractivity contribution is 6.10. The number of alkyl carbamates (subject to hydrolysis) is 1. The van der Waals surface area contributed by atoms with Crippen LogP contribution < -0.4 is 15.4 Å². The number of hydrogen-bond acceptors (Lipinski definition) is 7. The summed E-state index contributed by atoms with van der Waals surface area (Å²) in [6.07, 6.45) is -0.647. The predicted molar refractivity (Wildman–Crippen MR) is 127 cm³/mol. The second-order valence-electron chi connectivity index (χ2n) is 8.88. The fraction of sp³-hybridized carbons (Fsp3) is 0.308. The second-order valence-corrected chi connectivity index (χ2v) is 8.88. The number of nitrogens with zero attached hydrogens (tertiary/aromatic N) is 1. The van der Waals surface area contributed by atoms with Gasteiger partial charge >= 0.3 is 6.09 Å². The number of nitrogens with one attached hydrogen (secondary N) is 2. The zero-order chi connectivity index (χ0) is 25.4. The lowest BCUT2D eigenvalue weighted by Crippen LogP contribution is -2.46. The van der Waals surface area contributed by atoms with Crippen LogP contribution in [0.25, 0.3) is 11.0 Å². The van der Waals surface area contributed by atoms with E-state index in [1.165, 1.54) is 7.11 Å². The summed E-state index contributed by atoms with van der Waals surface area (Å²) in [4.78, 5) is 51.8. The Morgan fingerprint density at radius 1 is 1.17 bits per heavy atom. The Hall–Kier alpha value is -4.34. The van der Waals surface area contributed by atoms with Crippen molar-refractivity contribution in [2.45, 2.75) is 31.8 Å². The maximum Gasteiger partial charge on any atom is 0.407 e. The minimum atomic E-state index is -1.36. The molecule has 0 spiro atoms. The number of carbonyl (C=O) groups excluding carboxylic acids is 4. The van der Waals surface area contributed by atoms with Crippen LogP contribution in [0.5, 0.6) is 5.75 Å². The van der Waals surface area contributed by atoms with Crippen LogP contribution in [0.2, 0.25) is 0 Å². The Morgan fingerprint density at radius 3 is 2.72 bits per heavy atom. The zero-order valence-electron chi connectivity index (χ0n) is 19.9. The van der Waals surface area contributed by atoms with Crippen molar-refractivity contribution >= 4 is 34.8 Å². The number of carbonyl (C=O) groups is 4. The van der Waals surface area contributed by atoms with Crippen LogP contribution in [0.4, 0.5) is 4.79 Å². The van der Waals surface area contributed by atoms with Crippen molar-refractivity contribution in [3.8, 4) is 5.75 Å². The third-order valence-corrected chi connectivity index (χ3v) is 6.57. The first-order valence-electron chi connectivity index (χ1n) is 11.6. The molecule has 0 radical (unpaired) electrons. The van der Waals surface area contributed by atoms with Gasteiger partial charge in [-0.1, -0.05) is 12.1 Å². The molecule has 1 saturated heterocycles. The molecule has 1 atom stereocenters. The van der Waals surface area contributed by atoms with Gasteiger partial charge in [0, 0.05) is 30.6 Å². The van der Waals surface area contributed by atoms with Gasteiger partial charge in [-0.2, -0.15) is 0 Å². The van der Waals surface area contributed by atoms with E-state index < -0.39 is 23.3 Å². The largest absolute Gasteiger partial charge is 0.497 e. The second kappa shape index (κ2) is 9.03. The van der Waals surface area contributed by atoms with Crippen LogP contribution in [-0.4, -0.2) is 49.0 Å². The molecular formula is C26H25N3O7. The lowest BCUT2D eigenvalue weighted by Gasteiger charge is -2.28. The molecule has 186 valence electrons. The minimum Gasteiger partial charge on any atom is -0.497 e. The van der Waals surface area contributed by atoms with Crippen LogP contribution in [0.15, 0.2) is 46.9 Å². The first-order valence-corrected chi connectivity index (χ1v) is 11.6. The van der Waals surface area contributed by atoms with Gasteiger partial charge < -0.3 is 24.1 Å². The van der Waals surface area contributed by atoms with Crippen molar-refractivity contribution < 1.29 is 33.1 Å². The van der Waals surface area contributed by atoms with Crippen LogP contribution in [0.1, 0.15) is 40.6 Å². The molecule has 3 aromatic rings. The standard InChI is InChI=1S/C26H25N3O7/c1-3-35-25(33)27-12-15-4-7-20-17(8-15)9-21(36-20)26(11-22(30)28-24(26)32)14-29-13-16-5-6-18(34-2)10-19(16)23(29)31/h4-10H,3,11-14H2,1-2H3,(H,27,33)(H,28,30,32)/t26-/m1/s1. The van der Waals surface area contributed by atoms with E-state index in [1.807, 2.05) is 12.1 Å². The Labute approximate surface area is 206 Å². The number of methoxy groups -OCH3 is 1. The molecule has 4 amide bonds. The molecule has 1 fully saturated rings. The van der Waals surface area contributed by atoms with Gasteiger partial charge in [-0.25, -0.2) is 4.79 Å². The number of hydrogen-bond donors (Lipinski definition) is 2. The SMILES string of the molecule is CCOC(=O)NCc1ccc2oc([C@]3(CN4Cc5ccc(OC)cc5C4=O)CC(=O)NC3=O)cc2c1. The van der Waals surface area contributed by atoms with Crippen LogP contribution in [-0.2, 0) is 32.8 Å². The van der Waals surface area contributed by atoms with Crippen molar-refractivity contribution in [3.05, 3.63) is 64.9 Å². The molecule has 2 aromatic carbocycles. The van der Waals surface area contributed by atoms with Gasteiger partial charge in [0.1, 0.15) is 22.5 Å². The summed E-state index contributed by atoms with van der Waals surface area (Å²) in [5, 5.41) is 5.75. The molecule has 0 saturated carbocycles. The lowest BCUT2D eigenvalue weighted by atomic mass is 9.82. The summed E-state index contributed by atoms with van der Waals surface area (Å²) < 4.78 is 16.2. The smallest absolute Gasteiger partial charge is 0.407 e. The van der Waals surface area contributed by atoms with Crippen molar-refractivity contribution in [3.63, 3.8) is 0 Å². The highest BCUT2D eigenvalue weighted by Crippen LogP contribution is 2.39. The number of benzene rings is 2. The number of furan rings is 1. The normalized spacial score (nSPS) is 18.9. The zero-order valence-corrected chi connectivity index (χ0v) is 19.9. The van der Waals surface area contributed by atoms with E-state index in [0.29, 0.717) is 34.6 Å². The first kappa shape index (κ1) is 23.4. The Balaban J connectivity index is 1.44. The molecule has 0 bridgehead atoms. The van der Waals surface area contributed by atoms with Crippen molar-refractivity contribution in [1.29, 1.82) is 0 Å². The topological polar surface area (TPSA) is 127 Å². The van der Waals surface area contributed by atoms with E-state index in [2.05, 4.69) is 10.6 Å². The Morgan fingerprint density at radius 2 is 2.00 bits per heavy atom. The summed E-state index contributed by atoms with van der Waals surface area (Å²) in [6, 6.07) is 12.4. The van der Waals surface area contributed by atoms with Gasteiger partial charge in [0.15, 0.2) is 0 Å². The molecule has 10 nitrogen and oxygen atoms in total. The summed E-state index contributed by atoms with van der Waals surface area (Å²) in [5.41, 5.74) is 1.31. The summed E-state index contributed by atoms with van der Waals surface area (Å²) in [5.74, 6) is -0.294. The fourth-order valence-electron chi connectivity index (χ4n) is 4.77. The number of amides is 4. The third kappa shape index (κ3) is 4.04. The molecule has 2 aliphatic heterocycles. The maximum atomic E-state index is 13.2. The third-order valence-electron chi connectivity index (χ3n) is 6.57. The Bertz CT molecular complexity index is 1400. The monoisotopic (exact) mass is 491 g/mol. The first-order chi connectivity index (χ1) is 17.3. The molecule has 5 rings (SSSR count). The van der Waals surface area contributed by atoms with E-state index in [0.717, 1.165) is 11.1 Å². The highest BCUT2D eigenvalue weighted by Gasteiger charge is 2.53. The van der Waals surface area contributed by atoms with Gasteiger partial charge in [0.2, 0.25) is 11.8 Å². The van der Waals surface area contributed by atoms with E-state index in [1.54, 1.807) is 42.2 Å². The summed E-state index contributed by atoms with van der Waals surface area (Å²) in [7, 11) is 1.53. The van der Waals surface area contributed by atoms with Gasteiger partial charge in [0.25, 0.3) is 5.91 Å². The molecule has 0 unspecified atom stereocenters. The van der Waals surface area contributed by atoms with Crippen LogP contribution in [0.3, 0.4) is 0 Å². The molecule has 0 aliphatic carbocycles. The number of imide groups is 1. The molecule has 2 aliphatic rings. The number of ether oxygens (including phenoxy) is 2. The van der Waals surface area contributed by atoms with E-state index in [4.69, 9.17) is 13.9 Å². The van der Waals surface area contributed by atoms with E-state index >= 15 is 0 Å². The lowest BCUT2D eigenvalue weighted by molar-refractivity contribution is -0.127. The molecule has 36 heavy (non-hydrogen) atoms. The van der Waals surface area contributed by atoms with Gasteiger partial charge in [-0.15, -0.1) is 0 Å². The van der Waals surface area contributed by atoms with Crippen LogP contribution in [0, 0.1) is 0 Å². The quantitative estimate of drug-likeness (QED) is 0.487. The van der Waals surface area contributed by atoms with Crippen molar-refractivity contribution in [1.82, 2.24) is 15.5 Å². The van der Waals surface area contributed by atoms with E-state index in [9.17, 15) is 19.2 Å². The van der Waals surface area contributed by atoms with Crippen molar-refractivity contribution in [2.75, 3.05) is 20.3 Å². The molecule has 3 heterocycles. The Kier molecular flexibility index (Phi) is 5.87. The van der Waals surface area contributed by atoms with Gasteiger partial charge in [0.05, 0.1) is 20.1 Å². The molecular weight excluding hydrogens is 466 g/mol.